The Hall–Kier alpha value is -3.55. The van der Waals surface area contributed by atoms with E-state index >= 15 is 0 Å². The molecule has 1 fully saturated rings. The molecule has 1 N–H and O–H groups in total. The maximum atomic E-state index is 13.0. The molecule has 0 atom stereocenters. The summed E-state index contributed by atoms with van der Waals surface area (Å²) in [5.74, 6) is 0.359. The molecule has 0 spiro atoms. The molecule has 166 valence electrons. The zero-order valence-corrected chi connectivity index (χ0v) is 17.9. The van der Waals surface area contributed by atoms with Gasteiger partial charge in [-0.2, -0.15) is 4.98 Å². The molecule has 0 radical (unpaired) electrons. The lowest BCUT2D eigenvalue weighted by atomic mass is 10.1. The van der Waals surface area contributed by atoms with E-state index in [0.29, 0.717) is 41.4 Å². The summed E-state index contributed by atoms with van der Waals surface area (Å²) in [7, 11) is 0. The Morgan fingerprint density at radius 2 is 1.88 bits per heavy atom. The van der Waals surface area contributed by atoms with Crippen LogP contribution < -0.4 is 5.32 Å². The predicted octanol–water partition coefficient (Wildman–Crippen LogP) is 4.38. The summed E-state index contributed by atoms with van der Waals surface area (Å²) in [4.78, 5) is 31.3. The lowest BCUT2D eigenvalue weighted by molar-refractivity contribution is -0.116. The van der Waals surface area contributed by atoms with Gasteiger partial charge in [-0.15, -0.1) is 0 Å². The quantitative estimate of drug-likeness (QED) is 0.594. The van der Waals surface area contributed by atoms with E-state index in [1.54, 1.807) is 30.3 Å². The number of aromatic nitrogens is 2. The highest BCUT2D eigenvalue weighted by molar-refractivity contribution is 5.99. The number of amides is 2. The molecule has 0 unspecified atom stereocenters. The Kier molecular flexibility index (Phi) is 6.58. The van der Waals surface area contributed by atoms with Crippen LogP contribution in [-0.2, 0) is 11.2 Å². The van der Waals surface area contributed by atoms with Gasteiger partial charge in [0.05, 0.1) is 0 Å². The average molecular weight is 436 g/mol. The van der Waals surface area contributed by atoms with Crippen molar-refractivity contribution in [3.8, 4) is 11.4 Å². The fourth-order valence-electron chi connectivity index (χ4n) is 3.78. The smallest absolute Gasteiger partial charge is 0.254 e. The molecule has 4 rings (SSSR count). The number of aryl methyl sites for hydroxylation is 1. The first kappa shape index (κ1) is 21.7. The van der Waals surface area contributed by atoms with Gasteiger partial charge in [-0.05, 0) is 68.1 Å². The fraction of sp³-hybridized carbons (Fsp3) is 0.333. The summed E-state index contributed by atoms with van der Waals surface area (Å²) >= 11 is 0. The van der Waals surface area contributed by atoms with Crippen LogP contribution in [0, 0.1) is 12.7 Å². The zero-order valence-electron chi connectivity index (χ0n) is 17.9. The monoisotopic (exact) mass is 436 g/mol. The Bertz CT molecular complexity index is 1100. The highest BCUT2D eigenvalue weighted by Gasteiger charge is 2.22. The predicted molar refractivity (Wildman–Crippen MR) is 118 cm³/mol. The average Bonchev–Trinajstić information content (AvgIpc) is 3.48. The van der Waals surface area contributed by atoms with Gasteiger partial charge in [0.15, 0.2) is 0 Å². The van der Waals surface area contributed by atoms with Crippen LogP contribution in [-0.4, -0.2) is 39.9 Å². The van der Waals surface area contributed by atoms with Crippen molar-refractivity contribution < 1.29 is 18.5 Å². The SMILES string of the molecule is Cc1c(NC(=O)CCCc2nc(-c3ccc(F)cc3)no2)cccc1C(=O)N1CCCC1. The maximum Gasteiger partial charge on any atom is 0.254 e. The lowest BCUT2D eigenvalue weighted by Crippen LogP contribution is -2.28. The molecule has 8 heteroatoms. The van der Waals surface area contributed by atoms with Crippen molar-refractivity contribution >= 4 is 17.5 Å². The molecule has 0 saturated carbocycles. The van der Waals surface area contributed by atoms with Gasteiger partial charge in [0.2, 0.25) is 17.6 Å². The number of rotatable bonds is 7. The van der Waals surface area contributed by atoms with Gasteiger partial charge in [0, 0.05) is 42.7 Å². The van der Waals surface area contributed by atoms with Gasteiger partial charge in [0.1, 0.15) is 5.82 Å². The number of benzene rings is 2. The molecule has 2 heterocycles. The molecule has 2 aromatic carbocycles. The fourth-order valence-corrected chi connectivity index (χ4v) is 3.78. The molecule has 0 aliphatic carbocycles. The number of nitrogens with one attached hydrogen (secondary N) is 1. The second-order valence-electron chi connectivity index (χ2n) is 7.90. The Labute approximate surface area is 185 Å². The summed E-state index contributed by atoms with van der Waals surface area (Å²) in [6, 6.07) is 11.3. The third-order valence-corrected chi connectivity index (χ3v) is 5.60. The third-order valence-electron chi connectivity index (χ3n) is 5.60. The number of carbonyl (C=O) groups is 2. The third kappa shape index (κ3) is 5.01. The van der Waals surface area contributed by atoms with Crippen LogP contribution in [0.5, 0.6) is 0 Å². The van der Waals surface area contributed by atoms with Gasteiger partial charge in [-0.25, -0.2) is 4.39 Å². The second kappa shape index (κ2) is 9.72. The van der Waals surface area contributed by atoms with Crippen LogP contribution in [0.2, 0.25) is 0 Å². The second-order valence-corrected chi connectivity index (χ2v) is 7.90. The maximum absolute atomic E-state index is 13.0. The van der Waals surface area contributed by atoms with Gasteiger partial charge in [0.25, 0.3) is 5.91 Å². The van der Waals surface area contributed by atoms with E-state index in [1.807, 2.05) is 11.8 Å². The molecular weight excluding hydrogens is 411 g/mol. The molecule has 1 aromatic heterocycles. The molecule has 2 amide bonds. The Morgan fingerprint density at radius 3 is 2.62 bits per heavy atom. The normalized spacial score (nSPS) is 13.4. The summed E-state index contributed by atoms with van der Waals surface area (Å²) in [6.07, 6.45) is 3.33. The van der Waals surface area contributed by atoms with Gasteiger partial charge in [-0.1, -0.05) is 11.2 Å². The van der Waals surface area contributed by atoms with Crippen molar-refractivity contribution in [2.24, 2.45) is 0 Å². The summed E-state index contributed by atoms with van der Waals surface area (Å²) < 4.78 is 18.3. The first-order valence-electron chi connectivity index (χ1n) is 10.8. The summed E-state index contributed by atoms with van der Waals surface area (Å²) in [5.41, 5.74) is 2.72. The van der Waals surface area contributed by atoms with Crippen molar-refractivity contribution in [2.75, 3.05) is 18.4 Å². The van der Waals surface area contributed by atoms with Crippen LogP contribution in [0.3, 0.4) is 0 Å². The van der Waals surface area contributed by atoms with Crippen LogP contribution in [0.1, 0.15) is 47.5 Å². The number of hydrogen-bond acceptors (Lipinski definition) is 5. The minimum Gasteiger partial charge on any atom is -0.339 e. The van der Waals surface area contributed by atoms with Crippen molar-refractivity contribution in [3.63, 3.8) is 0 Å². The van der Waals surface area contributed by atoms with Crippen molar-refractivity contribution in [1.82, 2.24) is 15.0 Å². The molecule has 1 aliphatic heterocycles. The van der Waals surface area contributed by atoms with E-state index in [1.165, 1.54) is 12.1 Å². The minimum absolute atomic E-state index is 0.0180. The van der Waals surface area contributed by atoms with Crippen LogP contribution in [0.4, 0.5) is 10.1 Å². The van der Waals surface area contributed by atoms with Gasteiger partial charge in [-0.3, -0.25) is 9.59 Å². The number of hydrogen-bond donors (Lipinski definition) is 1. The molecule has 7 nitrogen and oxygen atoms in total. The van der Waals surface area contributed by atoms with Crippen molar-refractivity contribution in [1.29, 1.82) is 0 Å². The molecule has 1 saturated heterocycles. The highest BCUT2D eigenvalue weighted by atomic mass is 19.1. The molecule has 32 heavy (non-hydrogen) atoms. The van der Waals surface area contributed by atoms with Crippen LogP contribution in [0.15, 0.2) is 47.0 Å². The lowest BCUT2D eigenvalue weighted by Gasteiger charge is -2.18. The van der Waals surface area contributed by atoms with E-state index in [-0.39, 0.29) is 24.1 Å². The summed E-state index contributed by atoms with van der Waals surface area (Å²) in [6.45, 7) is 3.43. The first-order valence-corrected chi connectivity index (χ1v) is 10.8. The van der Waals surface area contributed by atoms with E-state index < -0.39 is 0 Å². The number of anilines is 1. The number of carbonyl (C=O) groups excluding carboxylic acids is 2. The highest BCUT2D eigenvalue weighted by Crippen LogP contribution is 2.23. The van der Waals surface area contributed by atoms with E-state index in [2.05, 4.69) is 15.5 Å². The van der Waals surface area contributed by atoms with Gasteiger partial charge >= 0.3 is 0 Å². The van der Waals surface area contributed by atoms with E-state index in [9.17, 15) is 14.0 Å². The van der Waals surface area contributed by atoms with Crippen molar-refractivity contribution in [2.45, 2.75) is 39.0 Å². The van der Waals surface area contributed by atoms with Crippen LogP contribution in [0.25, 0.3) is 11.4 Å². The first-order chi connectivity index (χ1) is 15.5. The van der Waals surface area contributed by atoms with E-state index in [4.69, 9.17) is 4.52 Å². The van der Waals surface area contributed by atoms with Gasteiger partial charge < -0.3 is 14.7 Å². The largest absolute Gasteiger partial charge is 0.339 e. The number of likely N-dealkylation sites (tertiary alicyclic amines) is 1. The summed E-state index contributed by atoms with van der Waals surface area (Å²) in [5, 5.41) is 6.81. The Morgan fingerprint density at radius 1 is 1.12 bits per heavy atom. The van der Waals surface area contributed by atoms with Crippen LogP contribution >= 0.6 is 0 Å². The topological polar surface area (TPSA) is 88.3 Å². The standard InChI is InChI=1S/C24H25FN4O3/c1-16-19(24(31)29-14-2-3-15-29)6-4-7-20(16)26-21(30)8-5-9-22-27-23(28-32-22)17-10-12-18(25)13-11-17/h4,6-7,10-13H,2-3,5,8-9,14-15H2,1H3,(H,26,30). The molecule has 1 aliphatic rings. The molecule has 3 aromatic rings. The van der Waals surface area contributed by atoms with E-state index in [0.717, 1.165) is 31.5 Å². The van der Waals surface area contributed by atoms with Crippen molar-refractivity contribution in [3.05, 3.63) is 65.3 Å². The Balaban J connectivity index is 1.30. The molecule has 0 bridgehead atoms. The number of halogens is 1. The number of nitrogens with zero attached hydrogens (tertiary/aromatic N) is 3. The zero-order chi connectivity index (χ0) is 22.5. The molecular formula is C24H25FN4O3. The minimum atomic E-state index is -0.329.